The van der Waals surface area contributed by atoms with Gasteiger partial charge in [0.25, 0.3) is 0 Å². The molecule has 160 valence electrons. The summed E-state index contributed by atoms with van der Waals surface area (Å²) in [6.07, 6.45) is 0.361. The number of amides is 2. The monoisotopic (exact) mass is 411 g/mol. The van der Waals surface area contributed by atoms with E-state index in [1.54, 1.807) is 14.2 Å². The standard InChI is InChI=1S/C23H29N3O4/c1-29-20-8-6-18(7-9-20)16-24-22(27)17-25-10-12-26(13-11-25)23(28)15-19-4-3-5-21(14-19)30-2/h3-9,14H,10-13,15-17H2,1-2H3,(H,24,27). The molecule has 3 rings (SSSR count). The summed E-state index contributed by atoms with van der Waals surface area (Å²) in [5, 5.41) is 2.95. The summed E-state index contributed by atoms with van der Waals surface area (Å²) in [5.74, 6) is 1.64. The van der Waals surface area contributed by atoms with Crippen LogP contribution in [0.15, 0.2) is 48.5 Å². The van der Waals surface area contributed by atoms with Gasteiger partial charge in [0.15, 0.2) is 0 Å². The minimum absolute atomic E-state index is 0.0121. The van der Waals surface area contributed by atoms with Crippen molar-refractivity contribution in [1.29, 1.82) is 0 Å². The number of hydrogen-bond donors (Lipinski definition) is 1. The van der Waals surface area contributed by atoms with Gasteiger partial charge in [-0.1, -0.05) is 24.3 Å². The summed E-state index contributed by atoms with van der Waals surface area (Å²) in [7, 11) is 3.25. The highest BCUT2D eigenvalue weighted by Crippen LogP contribution is 2.14. The number of nitrogens with zero attached hydrogens (tertiary/aromatic N) is 2. The molecule has 1 fully saturated rings. The molecule has 0 unspecified atom stereocenters. The number of benzene rings is 2. The van der Waals surface area contributed by atoms with Gasteiger partial charge in [-0.15, -0.1) is 0 Å². The maximum atomic E-state index is 12.6. The molecule has 1 heterocycles. The number of ether oxygens (including phenoxy) is 2. The van der Waals surface area contributed by atoms with Gasteiger partial charge in [-0.05, 0) is 35.4 Å². The predicted molar refractivity (Wildman–Crippen MR) is 115 cm³/mol. The van der Waals surface area contributed by atoms with E-state index in [2.05, 4.69) is 10.2 Å². The topological polar surface area (TPSA) is 71.1 Å². The van der Waals surface area contributed by atoms with Crippen LogP contribution in [0.5, 0.6) is 11.5 Å². The Labute approximate surface area is 177 Å². The van der Waals surface area contributed by atoms with Crippen molar-refractivity contribution in [2.45, 2.75) is 13.0 Å². The second kappa shape index (κ2) is 10.6. The molecule has 0 radical (unpaired) electrons. The molecule has 1 N–H and O–H groups in total. The molecular weight excluding hydrogens is 382 g/mol. The normalized spacial score (nSPS) is 14.3. The Bertz CT molecular complexity index is 846. The van der Waals surface area contributed by atoms with Crippen LogP contribution in [0.1, 0.15) is 11.1 Å². The molecule has 30 heavy (non-hydrogen) atoms. The van der Waals surface area contributed by atoms with Gasteiger partial charge >= 0.3 is 0 Å². The van der Waals surface area contributed by atoms with Crippen molar-refractivity contribution in [2.24, 2.45) is 0 Å². The van der Waals surface area contributed by atoms with E-state index in [1.807, 2.05) is 53.4 Å². The Balaban J connectivity index is 1.39. The number of carbonyl (C=O) groups is 2. The lowest BCUT2D eigenvalue weighted by atomic mass is 10.1. The summed E-state index contributed by atoms with van der Waals surface area (Å²) in [4.78, 5) is 28.8. The third-order valence-electron chi connectivity index (χ3n) is 5.23. The zero-order chi connectivity index (χ0) is 21.3. The highest BCUT2D eigenvalue weighted by atomic mass is 16.5. The number of rotatable bonds is 8. The number of methoxy groups -OCH3 is 2. The number of carbonyl (C=O) groups excluding carboxylic acids is 2. The third kappa shape index (κ3) is 6.22. The molecule has 1 aliphatic heterocycles. The lowest BCUT2D eigenvalue weighted by Crippen LogP contribution is -2.51. The van der Waals surface area contributed by atoms with Gasteiger partial charge in [-0.25, -0.2) is 0 Å². The van der Waals surface area contributed by atoms with Crippen LogP contribution >= 0.6 is 0 Å². The molecule has 0 spiro atoms. The largest absolute Gasteiger partial charge is 0.497 e. The average Bonchev–Trinajstić information content (AvgIpc) is 2.78. The van der Waals surface area contributed by atoms with E-state index >= 15 is 0 Å². The summed E-state index contributed by atoms with van der Waals surface area (Å²) < 4.78 is 10.4. The summed E-state index contributed by atoms with van der Waals surface area (Å²) in [5.41, 5.74) is 1.97. The summed E-state index contributed by atoms with van der Waals surface area (Å²) in [6.45, 7) is 3.48. The van der Waals surface area contributed by atoms with Crippen molar-refractivity contribution in [2.75, 3.05) is 46.9 Å². The van der Waals surface area contributed by atoms with Crippen molar-refractivity contribution in [3.05, 3.63) is 59.7 Å². The van der Waals surface area contributed by atoms with Gasteiger partial charge < -0.3 is 19.7 Å². The number of piperazine rings is 1. The van der Waals surface area contributed by atoms with Gasteiger partial charge in [0, 0.05) is 32.7 Å². The van der Waals surface area contributed by atoms with Crippen LogP contribution in [0.4, 0.5) is 0 Å². The Morgan fingerprint density at radius 3 is 2.27 bits per heavy atom. The fourth-order valence-corrected chi connectivity index (χ4v) is 3.43. The van der Waals surface area contributed by atoms with E-state index in [0.29, 0.717) is 45.7 Å². The van der Waals surface area contributed by atoms with E-state index < -0.39 is 0 Å². The Kier molecular flexibility index (Phi) is 7.68. The van der Waals surface area contributed by atoms with Crippen molar-refractivity contribution < 1.29 is 19.1 Å². The Morgan fingerprint density at radius 1 is 0.900 bits per heavy atom. The first-order chi connectivity index (χ1) is 14.6. The van der Waals surface area contributed by atoms with Crippen LogP contribution in [0.3, 0.4) is 0 Å². The molecule has 7 heteroatoms. The van der Waals surface area contributed by atoms with Gasteiger partial charge in [0.1, 0.15) is 11.5 Å². The van der Waals surface area contributed by atoms with Gasteiger partial charge in [-0.3, -0.25) is 14.5 Å². The highest BCUT2D eigenvalue weighted by molar-refractivity contribution is 5.79. The van der Waals surface area contributed by atoms with Crippen LogP contribution in [-0.4, -0.2) is 68.6 Å². The average molecular weight is 412 g/mol. The van der Waals surface area contributed by atoms with Gasteiger partial charge in [0.2, 0.25) is 11.8 Å². The zero-order valence-corrected chi connectivity index (χ0v) is 17.6. The van der Waals surface area contributed by atoms with Crippen LogP contribution in [-0.2, 0) is 22.6 Å². The molecule has 2 aromatic carbocycles. The number of nitrogens with one attached hydrogen (secondary N) is 1. The molecule has 0 aliphatic carbocycles. The SMILES string of the molecule is COc1ccc(CNC(=O)CN2CCN(C(=O)Cc3cccc(OC)c3)CC2)cc1. The van der Waals surface area contributed by atoms with Crippen molar-refractivity contribution in [1.82, 2.24) is 15.1 Å². The third-order valence-corrected chi connectivity index (χ3v) is 5.23. The van der Waals surface area contributed by atoms with E-state index in [0.717, 1.165) is 22.6 Å². The van der Waals surface area contributed by atoms with Crippen molar-refractivity contribution in [3.8, 4) is 11.5 Å². The predicted octanol–water partition coefficient (Wildman–Crippen LogP) is 1.71. The smallest absolute Gasteiger partial charge is 0.234 e. The Hall–Kier alpha value is -3.06. The maximum Gasteiger partial charge on any atom is 0.234 e. The molecule has 2 aromatic rings. The number of hydrogen-bond acceptors (Lipinski definition) is 5. The van der Waals surface area contributed by atoms with Gasteiger partial charge in [0.05, 0.1) is 27.2 Å². The summed E-state index contributed by atoms with van der Waals surface area (Å²) in [6, 6.07) is 15.2. The molecular formula is C23H29N3O4. The molecule has 2 amide bonds. The molecule has 0 bridgehead atoms. The highest BCUT2D eigenvalue weighted by Gasteiger charge is 2.22. The zero-order valence-electron chi connectivity index (χ0n) is 17.6. The fourth-order valence-electron chi connectivity index (χ4n) is 3.43. The molecule has 1 aliphatic rings. The first-order valence-electron chi connectivity index (χ1n) is 10.1. The first-order valence-corrected chi connectivity index (χ1v) is 10.1. The van der Waals surface area contributed by atoms with E-state index in [9.17, 15) is 9.59 Å². The first kappa shape index (κ1) is 21.6. The molecule has 7 nitrogen and oxygen atoms in total. The fraction of sp³-hybridized carbons (Fsp3) is 0.391. The minimum atomic E-state index is -0.0121. The molecule has 0 aromatic heterocycles. The second-order valence-corrected chi connectivity index (χ2v) is 7.31. The van der Waals surface area contributed by atoms with Crippen LogP contribution in [0.2, 0.25) is 0 Å². The quantitative estimate of drug-likeness (QED) is 0.716. The van der Waals surface area contributed by atoms with E-state index in [1.165, 1.54) is 0 Å². The van der Waals surface area contributed by atoms with Crippen LogP contribution < -0.4 is 14.8 Å². The van der Waals surface area contributed by atoms with Crippen LogP contribution in [0, 0.1) is 0 Å². The molecule has 1 saturated heterocycles. The second-order valence-electron chi connectivity index (χ2n) is 7.31. The summed E-state index contributed by atoms with van der Waals surface area (Å²) >= 11 is 0. The van der Waals surface area contributed by atoms with Crippen molar-refractivity contribution >= 4 is 11.8 Å². The minimum Gasteiger partial charge on any atom is -0.497 e. The maximum absolute atomic E-state index is 12.6. The van der Waals surface area contributed by atoms with Crippen molar-refractivity contribution in [3.63, 3.8) is 0 Å². The lowest BCUT2D eigenvalue weighted by Gasteiger charge is -2.34. The molecule has 0 saturated carbocycles. The van der Waals surface area contributed by atoms with Gasteiger partial charge in [-0.2, -0.15) is 0 Å². The van der Waals surface area contributed by atoms with E-state index in [-0.39, 0.29) is 11.8 Å². The van der Waals surface area contributed by atoms with E-state index in [4.69, 9.17) is 9.47 Å². The lowest BCUT2D eigenvalue weighted by molar-refractivity contribution is -0.132. The molecule has 0 atom stereocenters. The van der Waals surface area contributed by atoms with Crippen LogP contribution in [0.25, 0.3) is 0 Å². The Morgan fingerprint density at radius 2 is 1.60 bits per heavy atom.